The Morgan fingerprint density at radius 2 is 1.81 bits per heavy atom. The zero-order chi connectivity index (χ0) is 17.9. The smallest absolute Gasteiger partial charge is 0.255 e. The highest BCUT2D eigenvalue weighted by Crippen LogP contribution is 2.25. The van der Waals surface area contributed by atoms with E-state index in [1.54, 1.807) is 29.4 Å². The molecule has 0 spiro atoms. The van der Waals surface area contributed by atoms with Crippen molar-refractivity contribution in [3.8, 4) is 11.4 Å². The molecule has 1 fully saturated rings. The van der Waals surface area contributed by atoms with Gasteiger partial charge in [0.2, 0.25) is 0 Å². The van der Waals surface area contributed by atoms with Gasteiger partial charge in [-0.25, -0.2) is 0 Å². The number of aromatic hydroxyl groups is 1. The third-order valence-electron chi connectivity index (χ3n) is 4.87. The second-order valence-electron chi connectivity index (χ2n) is 6.66. The minimum absolute atomic E-state index is 0.0440. The maximum absolute atomic E-state index is 13.0. The molecule has 1 unspecified atom stereocenters. The van der Waals surface area contributed by atoms with E-state index < -0.39 is 0 Å². The first-order valence-corrected chi connectivity index (χ1v) is 8.72. The molecular formula is C20H20N4O2. The molecule has 1 aliphatic heterocycles. The number of carbonyl (C=O) groups excluding carboxylic acids is 1. The monoisotopic (exact) mass is 348 g/mol. The summed E-state index contributed by atoms with van der Waals surface area (Å²) in [7, 11) is 0. The zero-order valence-electron chi connectivity index (χ0n) is 14.3. The Morgan fingerprint density at radius 3 is 2.58 bits per heavy atom. The largest absolute Gasteiger partial charge is 0.508 e. The molecule has 0 aliphatic carbocycles. The first-order valence-electron chi connectivity index (χ1n) is 8.72. The summed E-state index contributed by atoms with van der Waals surface area (Å²) < 4.78 is 1.76. The van der Waals surface area contributed by atoms with Gasteiger partial charge in [0.15, 0.2) is 0 Å². The van der Waals surface area contributed by atoms with Crippen molar-refractivity contribution < 1.29 is 9.90 Å². The lowest BCUT2D eigenvalue weighted by Gasteiger charge is -2.19. The Morgan fingerprint density at radius 1 is 1.08 bits per heavy atom. The molecule has 3 aromatic rings. The third kappa shape index (κ3) is 3.31. The molecule has 0 radical (unpaired) electrons. The summed E-state index contributed by atoms with van der Waals surface area (Å²) in [5.74, 6) is 0.760. The van der Waals surface area contributed by atoms with E-state index in [2.05, 4.69) is 10.2 Å². The van der Waals surface area contributed by atoms with Gasteiger partial charge in [-0.15, -0.1) is 10.2 Å². The van der Waals surface area contributed by atoms with E-state index in [0.29, 0.717) is 11.5 Å². The summed E-state index contributed by atoms with van der Waals surface area (Å²) in [4.78, 5) is 15.0. The number of likely N-dealkylation sites (tertiary alicyclic amines) is 1. The maximum atomic E-state index is 13.0. The quantitative estimate of drug-likeness (QED) is 0.787. The van der Waals surface area contributed by atoms with Crippen LogP contribution in [0.4, 0.5) is 0 Å². The Balaban J connectivity index is 1.48. The molecule has 26 heavy (non-hydrogen) atoms. The van der Waals surface area contributed by atoms with Crippen molar-refractivity contribution in [3.05, 3.63) is 72.3 Å². The average Bonchev–Trinajstić information content (AvgIpc) is 3.35. The number of rotatable bonds is 4. The zero-order valence-corrected chi connectivity index (χ0v) is 14.3. The molecule has 1 N–H and O–H groups in total. The molecular weight excluding hydrogens is 328 g/mol. The number of carbonyl (C=O) groups is 1. The Kier molecular flexibility index (Phi) is 4.39. The first kappa shape index (κ1) is 16.3. The van der Waals surface area contributed by atoms with Crippen LogP contribution in [0.2, 0.25) is 0 Å². The van der Waals surface area contributed by atoms with Crippen LogP contribution in [0.25, 0.3) is 5.69 Å². The van der Waals surface area contributed by atoms with Crippen molar-refractivity contribution in [2.75, 3.05) is 13.1 Å². The van der Waals surface area contributed by atoms with Crippen LogP contribution in [-0.4, -0.2) is 43.8 Å². The maximum Gasteiger partial charge on any atom is 0.255 e. The lowest BCUT2D eigenvalue weighted by atomic mass is 9.99. The van der Waals surface area contributed by atoms with E-state index in [-0.39, 0.29) is 11.7 Å². The number of benzene rings is 2. The molecule has 6 heteroatoms. The van der Waals surface area contributed by atoms with Crippen molar-refractivity contribution in [1.29, 1.82) is 0 Å². The van der Waals surface area contributed by atoms with Crippen LogP contribution < -0.4 is 0 Å². The summed E-state index contributed by atoms with van der Waals surface area (Å²) in [5.41, 5.74) is 2.65. The standard InChI is InChI=1S/C20H20N4O2/c25-17-7-5-15(6-8-17)11-16-9-10-23(12-16)20(26)18-3-1-2-4-19(18)24-13-21-22-14-24/h1-8,13-14,16,25H,9-12H2. The summed E-state index contributed by atoms with van der Waals surface area (Å²) >= 11 is 0. The van der Waals surface area contributed by atoms with E-state index in [9.17, 15) is 9.90 Å². The SMILES string of the molecule is O=C(c1ccccc1-n1cnnc1)N1CCC(Cc2ccc(O)cc2)C1. The van der Waals surface area contributed by atoms with E-state index >= 15 is 0 Å². The van der Waals surface area contributed by atoms with Crippen LogP contribution in [-0.2, 0) is 6.42 Å². The molecule has 2 heterocycles. The van der Waals surface area contributed by atoms with Gasteiger partial charge in [0, 0.05) is 13.1 Å². The number of phenolic OH excluding ortho intramolecular Hbond substituents is 1. The van der Waals surface area contributed by atoms with Crippen molar-refractivity contribution >= 4 is 5.91 Å². The minimum atomic E-state index is 0.0440. The summed E-state index contributed by atoms with van der Waals surface area (Å²) in [5, 5.41) is 17.1. The number of nitrogens with zero attached hydrogens (tertiary/aromatic N) is 4. The van der Waals surface area contributed by atoms with Crippen molar-refractivity contribution in [1.82, 2.24) is 19.7 Å². The fraction of sp³-hybridized carbons (Fsp3) is 0.250. The van der Waals surface area contributed by atoms with Crippen LogP contribution in [0.3, 0.4) is 0 Å². The van der Waals surface area contributed by atoms with Gasteiger partial charge in [-0.1, -0.05) is 24.3 Å². The van der Waals surface area contributed by atoms with Gasteiger partial charge in [-0.2, -0.15) is 0 Å². The van der Waals surface area contributed by atoms with Crippen LogP contribution in [0.15, 0.2) is 61.2 Å². The van der Waals surface area contributed by atoms with Gasteiger partial charge < -0.3 is 10.0 Å². The van der Waals surface area contributed by atoms with Crippen LogP contribution in [0, 0.1) is 5.92 Å². The topological polar surface area (TPSA) is 71.2 Å². The van der Waals surface area contributed by atoms with E-state index in [1.807, 2.05) is 41.3 Å². The van der Waals surface area contributed by atoms with E-state index in [4.69, 9.17) is 0 Å². The average molecular weight is 348 g/mol. The second-order valence-corrected chi connectivity index (χ2v) is 6.66. The Hall–Kier alpha value is -3.15. The van der Waals surface area contributed by atoms with Crippen molar-refractivity contribution in [2.24, 2.45) is 5.92 Å². The molecule has 4 rings (SSSR count). The van der Waals surface area contributed by atoms with Crippen molar-refractivity contribution in [2.45, 2.75) is 12.8 Å². The number of para-hydroxylation sites is 1. The second kappa shape index (κ2) is 7.00. The van der Waals surface area contributed by atoms with Gasteiger partial charge in [0.1, 0.15) is 18.4 Å². The first-order chi connectivity index (χ1) is 12.7. The molecule has 6 nitrogen and oxygen atoms in total. The molecule has 2 aromatic carbocycles. The fourth-order valence-electron chi connectivity index (χ4n) is 3.52. The van der Waals surface area contributed by atoms with Gasteiger partial charge in [0.25, 0.3) is 5.91 Å². The highest BCUT2D eigenvalue weighted by atomic mass is 16.3. The number of phenols is 1. The predicted octanol–water partition coefficient (Wildman–Crippen LogP) is 2.68. The lowest BCUT2D eigenvalue weighted by Crippen LogP contribution is -2.29. The predicted molar refractivity (Wildman–Crippen MR) is 97.2 cm³/mol. The number of hydrogen-bond donors (Lipinski definition) is 1. The molecule has 0 bridgehead atoms. The normalized spacial score (nSPS) is 16.8. The number of aromatic nitrogens is 3. The summed E-state index contributed by atoms with van der Waals surface area (Å²) in [6.07, 6.45) is 5.10. The molecule has 132 valence electrons. The Labute approximate surface area is 151 Å². The minimum Gasteiger partial charge on any atom is -0.508 e. The van der Waals surface area contributed by atoms with Crippen LogP contribution in [0.1, 0.15) is 22.3 Å². The van der Waals surface area contributed by atoms with Gasteiger partial charge in [0.05, 0.1) is 11.3 Å². The van der Waals surface area contributed by atoms with Crippen molar-refractivity contribution in [3.63, 3.8) is 0 Å². The number of amides is 1. The van der Waals surface area contributed by atoms with Crippen LogP contribution in [0.5, 0.6) is 5.75 Å². The third-order valence-corrected chi connectivity index (χ3v) is 4.87. The van der Waals surface area contributed by atoms with Gasteiger partial charge >= 0.3 is 0 Å². The van der Waals surface area contributed by atoms with E-state index in [0.717, 1.165) is 31.6 Å². The summed E-state index contributed by atoms with van der Waals surface area (Å²) in [6, 6.07) is 14.9. The molecule has 1 aromatic heterocycles. The highest BCUT2D eigenvalue weighted by molar-refractivity contribution is 5.98. The number of hydrogen-bond acceptors (Lipinski definition) is 4. The van der Waals surface area contributed by atoms with E-state index in [1.165, 1.54) is 5.56 Å². The summed E-state index contributed by atoms with van der Waals surface area (Å²) in [6.45, 7) is 1.51. The fourth-order valence-corrected chi connectivity index (χ4v) is 3.52. The molecule has 1 aliphatic rings. The molecule has 1 atom stereocenters. The molecule has 0 saturated carbocycles. The lowest BCUT2D eigenvalue weighted by molar-refractivity contribution is 0.0787. The Bertz CT molecular complexity index is 890. The van der Waals surface area contributed by atoms with Gasteiger partial charge in [-0.05, 0) is 48.6 Å². The van der Waals surface area contributed by atoms with Gasteiger partial charge in [-0.3, -0.25) is 9.36 Å². The molecule has 1 saturated heterocycles. The molecule has 1 amide bonds. The highest BCUT2D eigenvalue weighted by Gasteiger charge is 2.28. The van der Waals surface area contributed by atoms with Crippen LogP contribution >= 0.6 is 0 Å².